The quantitative estimate of drug-likeness (QED) is 0.503. The van der Waals surface area contributed by atoms with Gasteiger partial charge < -0.3 is 4.98 Å². The summed E-state index contributed by atoms with van der Waals surface area (Å²) in [7, 11) is -3.71. The van der Waals surface area contributed by atoms with Crippen LogP contribution in [0.2, 0.25) is 5.02 Å². The zero-order valence-electron chi connectivity index (χ0n) is 13.6. The molecule has 0 aliphatic rings. The Labute approximate surface area is 156 Å². The van der Waals surface area contributed by atoms with Crippen molar-refractivity contribution in [1.82, 2.24) is 4.98 Å². The van der Waals surface area contributed by atoms with Crippen LogP contribution in [0.1, 0.15) is 0 Å². The minimum atomic E-state index is -3.71. The Morgan fingerprint density at radius 2 is 1.54 bits per heavy atom. The number of para-hydroxylation sites is 2. The van der Waals surface area contributed by atoms with E-state index < -0.39 is 10.0 Å². The first-order chi connectivity index (χ1) is 12.5. The van der Waals surface area contributed by atoms with Crippen LogP contribution >= 0.6 is 11.6 Å². The van der Waals surface area contributed by atoms with E-state index in [0.29, 0.717) is 10.7 Å². The van der Waals surface area contributed by atoms with Gasteiger partial charge in [0.05, 0.1) is 10.6 Å². The summed E-state index contributed by atoms with van der Waals surface area (Å²) < 4.78 is 28.1. The zero-order valence-corrected chi connectivity index (χ0v) is 15.2. The fourth-order valence-electron chi connectivity index (χ4n) is 2.84. The molecule has 3 aromatic carbocycles. The number of rotatable bonds is 4. The molecule has 4 rings (SSSR count). The molecule has 0 atom stereocenters. The third-order valence-corrected chi connectivity index (χ3v) is 5.75. The van der Waals surface area contributed by atoms with E-state index in [1.165, 1.54) is 12.1 Å². The van der Waals surface area contributed by atoms with Gasteiger partial charge in [-0.2, -0.15) is 0 Å². The predicted molar refractivity (Wildman–Crippen MR) is 106 cm³/mol. The Morgan fingerprint density at radius 1 is 0.846 bits per heavy atom. The lowest BCUT2D eigenvalue weighted by molar-refractivity contribution is 0.601. The van der Waals surface area contributed by atoms with Gasteiger partial charge in [0, 0.05) is 27.2 Å². The van der Waals surface area contributed by atoms with E-state index in [-0.39, 0.29) is 4.90 Å². The van der Waals surface area contributed by atoms with E-state index in [0.717, 1.165) is 22.2 Å². The van der Waals surface area contributed by atoms with Crippen molar-refractivity contribution in [3.63, 3.8) is 0 Å². The molecular formula is C20H15ClN2O2S. The van der Waals surface area contributed by atoms with Gasteiger partial charge in [0.15, 0.2) is 0 Å². The number of anilines is 1. The molecule has 0 radical (unpaired) electrons. The Hall–Kier alpha value is -2.76. The van der Waals surface area contributed by atoms with Gasteiger partial charge in [-0.3, -0.25) is 4.72 Å². The maximum Gasteiger partial charge on any atom is 0.261 e. The van der Waals surface area contributed by atoms with Gasteiger partial charge in [-0.05, 0) is 42.5 Å². The lowest BCUT2D eigenvalue weighted by atomic mass is 10.1. The van der Waals surface area contributed by atoms with Gasteiger partial charge in [-0.25, -0.2) is 8.42 Å². The number of benzene rings is 3. The SMILES string of the molecule is O=S(=O)(Nc1ccccc1-c1cc2ccccc2[nH]1)c1ccc(Cl)cc1. The van der Waals surface area contributed by atoms with Crippen LogP contribution in [0.4, 0.5) is 5.69 Å². The predicted octanol–water partition coefficient (Wildman–Crippen LogP) is 5.29. The number of H-pyrrole nitrogens is 1. The van der Waals surface area contributed by atoms with Crippen LogP contribution in [0.5, 0.6) is 0 Å². The molecule has 130 valence electrons. The highest BCUT2D eigenvalue weighted by Crippen LogP contribution is 2.31. The normalized spacial score (nSPS) is 11.6. The molecule has 6 heteroatoms. The van der Waals surface area contributed by atoms with Gasteiger partial charge in [0.1, 0.15) is 0 Å². The van der Waals surface area contributed by atoms with Crippen molar-refractivity contribution in [2.24, 2.45) is 0 Å². The lowest BCUT2D eigenvalue weighted by Gasteiger charge is -2.12. The first-order valence-corrected chi connectivity index (χ1v) is 9.85. The second-order valence-electron chi connectivity index (χ2n) is 5.88. The van der Waals surface area contributed by atoms with Crippen molar-refractivity contribution in [2.45, 2.75) is 4.90 Å². The summed E-state index contributed by atoms with van der Waals surface area (Å²) in [5.74, 6) is 0. The smallest absolute Gasteiger partial charge is 0.261 e. The van der Waals surface area contributed by atoms with Gasteiger partial charge >= 0.3 is 0 Å². The fraction of sp³-hybridized carbons (Fsp3) is 0. The number of hydrogen-bond acceptors (Lipinski definition) is 2. The summed E-state index contributed by atoms with van der Waals surface area (Å²) in [6.45, 7) is 0. The molecule has 4 nitrogen and oxygen atoms in total. The molecule has 0 saturated carbocycles. The van der Waals surface area contributed by atoms with E-state index in [2.05, 4.69) is 9.71 Å². The van der Waals surface area contributed by atoms with Crippen LogP contribution in [-0.2, 0) is 10.0 Å². The van der Waals surface area contributed by atoms with Crippen LogP contribution < -0.4 is 4.72 Å². The van der Waals surface area contributed by atoms with Crippen molar-refractivity contribution in [3.8, 4) is 11.3 Å². The molecule has 0 unspecified atom stereocenters. The largest absolute Gasteiger partial charge is 0.354 e. The Balaban J connectivity index is 1.75. The molecule has 0 bridgehead atoms. The number of fused-ring (bicyclic) bond motifs is 1. The van der Waals surface area contributed by atoms with Crippen LogP contribution in [0, 0.1) is 0 Å². The number of aromatic amines is 1. The fourth-order valence-corrected chi connectivity index (χ4v) is 4.05. The molecule has 1 aromatic heterocycles. The lowest BCUT2D eigenvalue weighted by Crippen LogP contribution is -2.13. The summed E-state index contributed by atoms with van der Waals surface area (Å²) in [6.07, 6.45) is 0. The van der Waals surface area contributed by atoms with Crippen molar-refractivity contribution in [2.75, 3.05) is 4.72 Å². The highest BCUT2D eigenvalue weighted by Gasteiger charge is 2.17. The second kappa shape index (κ2) is 6.52. The van der Waals surface area contributed by atoms with Crippen LogP contribution in [-0.4, -0.2) is 13.4 Å². The zero-order chi connectivity index (χ0) is 18.1. The Morgan fingerprint density at radius 3 is 2.31 bits per heavy atom. The third kappa shape index (κ3) is 3.19. The molecule has 4 aromatic rings. The third-order valence-electron chi connectivity index (χ3n) is 4.12. The Kier molecular flexibility index (Phi) is 4.18. The molecule has 0 aliphatic carbocycles. The minimum Gasteiger partial charge on any atom is -0.354 e. The molecular weight excluding hydrogens is 368 g/mol. The molecule has 0 amide bonds. The van der Waals surface area contributed by atoms with Crippen molar-refractivity contribution < 1.29 is 8.42 Å². The van der Waals surface area contributed by atoms with Gasteiger partial charge in [0.25, 0.3) is 10.0 Å². The molecule has 1 heterocycles. The number of halogens is 1. The molecule has 0 spiro atoms. The topological polar surface area (TPSA) is 62.0 Å². The monoisotopic (exact) mass is 382 g/mol. The number of aromatic nitrogens is 1. The van der Waals surface area contributed by atoms with Gasteiger partial charge in [0.2, 0.25) is 0 Å². The summed E-state index contributed by atoms with van der Waals surface area (Å²) in [4.78, 5) is 3.49. The van der Waals surface area contributed by atoms with Crippen molar-refractivity contribution in [3.05, 3.63) is 83.9 Å². The van der Waals surface area contributed by atoms with E-state index in [1.807, 2.05) is 42.5 Å². The van der Waals surface area contributed by atoms with E-state index >= 15 is 0 Å². The molecule has 0 fully saturated rings. The first-order valence-electron chi connectivity index (χ1n) is 7.98. The summed E-state index contributed by atoms with van der Waals surface area (Å²) in [5, 5.41) is 1.56. The standard InChI is InChI=1S/C20H15ClN2O2S/c21-15-9-11-16(12-10-15)26(24,25)23-19-8-4-2-6-17(19)20-13-14-5-1-3-7-18(14)22-20/h1-13,22-23H. The highest BCUT2D eigenvalue weighted by molar-refractivity contribution is 7.92. The first kappa shape index (κ1) is 16.7. The van der Waals surface area contributed by atoms with E-state index in [4.69, 9.17) is 11.6 Å². The van der Waals surface area contributed by atoms with Crippen LogP contribution in [0.15, 0.2) is 83.8 Å². The average molecular weight is 383 g/mol. The van der Waals surface area contributed by atoms with Crippen LogP contribution in [0.25, 0.3) is 22.2 Å². The van der Waals surface area contributed by atoms with Crippen LogP contribution in [0.3, 0.4) is 0 Å². The summed E-state index contributed by atoms with van der Waals surface area (Å²) in [6, 6.07) is 23.3. The van der Waals surface area contributed by atoms with E-state index in [9.17, 15) is 8.42 Å². The minimum absolute atomic E-state index is 0.161. The van der Waals surface area contributed by atoms with E-state index in [1.54, 1.807) is 24.3 Å². The van der Waals surface area contributed by atoms with Gasteiger partial charge in [-0.1, -0.05) is 48.0 Å². The van der Waals surface area contributed by atoms with Gasteiger partial charge in [-0.15, -0.1) is 0 Å². The number of nitrogens with one attached hydrogen (secondary N) is 2. The maximum atomic E-state index is 12.7. The number of sulfonamides is 1. The maximum absolute atomic E-state index is 12.7. The second-order valence-corrected chi connectivity index (χ2v) is 7.99. The molecule has 0 aliphatic heterocycles. The Bertz CT molecular complexity index is 1150. The molecule has 0 saturated heterocycles. The average Bonchev–Trinajstić information content (AvgIpc) is 3.06. The highest BCUT2D eigenvalue weighted by atomic mass is 35.5. The van der Waals surface area contributed by atoms with Crippen molar-refractivity contribution in [1.29, 1.82) is 0 Å². The summed E-state index contributed by atoms with van der Waals surface area (Å²) >= 11 is 5.85. The van der Waals surface area contributed by atoms with Crippen molar-refractivity contribution >= 4 is 38.2 Å². The summed E-state index contributed by atoms with van der Waals surface area (Å²) in [5.41, 5.74) is 3.13. The molecule has 2 N–H and O–H groups in total. The number of hydrogen-bond donors (Lipinski definition) is 2. The molecule has 26 heavy (non-hydrogen) atoms.